The van der Waals surface area contributed by atoms with Crippen LogP contribution in [0.25, 0.3) is 0 Å². The maximum Gasteiger partial charge on any atom is 0.261 e. The second-order valence-electron chi connectivity index (χ2n) is 9.41. The van der Waals surface area contributed by atoms with Gasteiger partial charge in [-0.05, 0) is 62.7 Å². The van der Waals surface area contributed by atoms with E-state index in [-0.39, 0.29) is 25.0 Å². The molecule has 0 heterocycles. The van der Waals surface area contributed by atoms with Gasteiger partial charge in [-0.25, -0.2) is 0 Å². The number of amides is 2. The molecule has 0 aliphatic carbocycles. The largest absolute Gasteiger partial charge is 0.484 e. The Morgan fingerprint density at radius 3 is 2.08 bits per heavy atom. The maximum absolute atomic E-state index is 13.6. The molecule has 5 nitrogen and oxygen atoms in total. The van der Waals surface area contributed by atoms with Crippen molar-refractivity contribution in [3.8, 4) is 5.75 Å². The standard InChI is InChI=1S/C28H29Cl3N2O3/c1-28(2,3)32-27(35)25(16-19-8-5-4-6-9-19)33(17-22-23(30)10-7-11-24(22)31)26(34)18-36-21-14-12-20(29)13-15-21/h4-15,25H,16-18H2,1-3H3,(H,32,35). The van der Waals surface area contributed by atoms with Crippen LogP contribution in [0.5, 0.6) is 5.75 Å². The van der Waals surface area contributed by atoms with Crippen molar-refractivity contribution in [2.45, 2.75) is 45.3 Å². The summed E-state index contributed by atoms with van der Waals surface area (Å²) >= 11 is 18.9. The average Bonchev–Trinajstić information content (AvgIpc) is 2.82. The first kappa shape index (κ1) is 27.9. The van der Waals surface area contributed by atoms with Crippen LogP contribution in [0.2, 0.25) is 15.1 Å². The van der Waals surface area contributed by atoms with Gasteiger partial charge in [0, 0.05) is 39.1 Å². The van der Waals surface area contributed by atoms with Gasteiger partial charge in [-0.2, -0.15) is 0 Å². The highest BCUT2D eigenvalue weighted by atomic mass is 35.5. The number of rotatable bonds is 9. The van der Waals surface area contributed by atoms with Crippen LogP contribution in [0.4, 0.5) is 0 Å². The van der Waals surface area contributed by atoms with E-state index >= 15 is 0 Å². The highest BCUT2D eigenvalue weighted by Crippen LogP contribution is 2.27. The lowest BCUT2D eigenvalue weighted by Crippen LogP contribution is -2.55. The van der Waals surface area contributed by atoms with Gasteiger partial charge in [-0.3, -0.25) is 9.59 Å². The molecule has 0 aliphatic rings. The van der Waals surface area contributed by atoms with Crippen LogP contribution < -0.4 is 10.1 Å². The Morgan fingerprint density at radius 2 is 1.50 bits per heavy atom. The molecule has 0 saturated carbocycles. The summed E-state index contributed by atoms with van der Waals surface area (Å²) in [6, 6.07) is 20.6. The van der Waals surface area contributed by atoms with E-state index < -0.39 is 11.6 Å². The minimum atomic E-state index is -0.833. The summed E-state index contributed by atoms with van der Waals surface area (Å²) < 4.78 is 5.74. The molecule has 8 heteroatoms. The Morgan fingerprint density at radius 1 is 0.889 bits per heavy atom. The molecule has 0 fully saturated rings. The zero-order valence-electron chi connectivity index (χ0n) is 20.4. The molecule has 0 aliphatic heterocycles. The normalized spacial score (nSPS) is 12.1. The van der Waals surface area contributed by atoms with Gasteiger partial charge in [0.25, 0.3) is 5.91 Å². The molecule has 3 rings (SSSR count). The van der Waals surface area contributed by atoms with Gasteiger partial charge in [0.2, 0.25) is 5.91 Å². The second kappa shape index (κ2) is 12.5. The Labute approximate surface area is 227 Å². The van der Waals surface area contributed by atoms with Gasteiger partial charge in [0.15, 0.2) is 6.61 Å². The van der Waals surface area contributed by atoms with Crippen LogP contribution >= 0.6 is 34.8 Å². The topological polar surface area (TPSA) is 58.6 Å². The van der Waals surface area contributed by atoms with Crippen molar-refractivity contribution in [1.29, 1.82) is 0 Å². The molecule has 2 amide bonds. The van der Waals surface area contributed by atoms with Crippen molar-refractivity contribution < 1.29 is 14.3 Å². The fourth-order valence-electron chi connectivity index (χ4n) is 3.62. The van der Waals surface area contributed by atoms with Crippen LogP contribution in [0.15, 0.2) is 72.8 Å². The van der Waals surface area contributed by atoms with Crippen molar-refractivity contribution in [3.05, 3.63) is 99.0 Å². The fourth-order valence-corrected chi connectivity index (χ4v) is 4.26. The molecular weight excluding hydrogens is 519 g/mol. The fraction of sp³-hybridized carbons (Fsp3) is 0.286. The summed E-state index contributed by atoms with van der Waals surface area (Å²) in [7, 11) is 0. The third-order valence-corrected chi connectivity index (χ3v) is 6.30. The molecule has 1 atom stereocenters. The first-order valence-electron chi connectivity index (χ1n) is 11.5. The summed E-state index contributed by atoms with van der Waals surface area (Å²) in [5, 5.41) is 4.40. The summed E-state index contributed by atoms with van der Waals surface area (Å²) in [5.74, 6) is -0.178. The Kier molecular flexibility index (Phi) is 9.66. The van der Waals surface area contributed by atoms with Crippen LogP contribution in [-0.4, -0.2) is 34.9 Å². The van der Waals surface area contributed by atoms with E-state index in [1.54, 1.807) is 42.5 Å². The molecule has 0 radical (unpaired) electrons. The molecule has 3 aromatic carbocycles. The smallest absolute Gasteiger partial charge is 0.261 e. The SMILES string of the molecule is CC(C)(C)NC(=O)C(Cc1ccccc1)N(Cc1c(Cl)cccc1Cl)C(=O)COc1ccc(Cl)cc1. The number of nitrogens with zero attached hydrogens (tertiary/aromatic N) is 1. The van der Waals surface area contributed by atoms with Gasteiger partial charge < -0.3 is 15.0 Å². The van der Waals surface area contributed by atoms with E-state index in [9.17, 15) is 9.59 Å². The van der Waals surface area contributed by atoms with E-state index in [0.717, 1.165) is 5.56 Å². The molecule has 190 valence electrons. The van der Waals surface area contributed by atoms with Gasteiger partial charge in [-0.15, -0.1) is 0 Å². The van der Waals surface area contributed by atoms with Gasteiger partial charge in [0.05, 0.1) is 0 Å². The molecular formula is C28H29Cl3N2O3. The number of nitrogens with one attached hydrogen (secondary N) is 1. The van der Waals surface area contributed by atoms with Crippen LogP contribution in [0, 0.1) is 0 Å². The molecule has 1 N–H and O–H groups in total. The highest BCUT2D eigenvalue weighted by molar-refractivity contribution is 6.36. The first-order valence-corrected chi connectivity index (χ1v) is 12.6. The molecule has 0 saturated heterocycles. The maximum atomic E-state index is 13.6. The van der Waals surface area contributed by atoms with Gasteiger partial charge >= 0.3 is 0 Å². The van der Waals surface area contributed by atoms with E-state index in [1.165, 1.54) is 4.90 Å². The van der Waals surface area contributed by atoms with E-state index in [0.29, 0.717) is 32.8 Å². The van der Waals surface area contributed by atoms with Crippen molar-refractivity contribution in [3.63, 3.8) is 0 Å². The number of hydrogen-bond acceptors (Lipinski definition) is 3. The quantitative estimate of drug-likeness (QED) is 0.329. The molecule has 1 unspecified atom stereocenters. The summed E-state index contributed by atoms with van der Waals surface area (Å²) in [6.07, 6.45) is 0.303. The lowest BCUT2D eigenvalue weighted by molar-refractivity contribution is -0.143. The number of halogens is 3. The molecule has 0 aromatic heterocycles. The molecule has 0 spiro atoms. The van der Waals surface area contributed by atoms with Gasteiger partial charge in [-0.1, -0.05) is 71.2 Å². The third-order valence-electron chi connectivity index (χ3n) is 5.34. The number of benzene rings is 3. The number of hydrogen-bond donors (Lipinski definition) is 1. The zero-order valence-corrected chi connectivity index (χ0v) is 22.7. The first-order chi connectivity index (χ1) is 17.0. The van der Waals surface area contributed by atoms with E-state index in [1.807, 2.05) is 51.1 Å². The zero-order chi connectivity index (χ0) is 26.3. The lowest BCUT2D eigenvalue weighted by Gasteiger charge is -2.34. The predicted octanol–water partition coefficient (Wildman–Crippen LogP) is 6.58. The van der Waals surface area contributed by atoms with Crippen molar-refractivity contribution >= 4 is 46.6 Å². The minimum absolute atomic E-state index is 0.0381. The Hall–Kier alpha value is -2.73. The second-order valence-corrected chi connectivity index (χ2v) is 10.7. The molecule has 3 aromatic rings. The lowest BCUT2D eigenvalue weighted by atomic mass is 10.0. The Bertz CT molecular complexity index is 1160. The van der Waals surface area contributed by atoms with Gasteiger partial charge in [0.1, 0.15) is 11.8 Å². The van der Waals surface area contributed by atoms with Crippen molar-refractivity contribution in [1.82, 2.24) is 10.2 Å². The average molecular weight is 548 g/mol. The van der Waals surface area contributed by atoms with Crippen LogP contribution in [-0.2, 0) is 22.6 Å². The minimum Gasteiger partial charge on any atom is -0.484 e. The summed E-state index contributed by atoms with van der Waals surface area (Å²) in [6.45, 7) is 5.44. The monoisotopic (exact) mass is 546 g/mol. The molecule has 36 heavy (non-hydrogen) atoms. The highest BCUT2D eigenvalue weighted by Gasteiger charge is 2.33. The Balaban J connectivity index is 1.97. The number of ether oxygens (including phenoxy) is 1. The third kappa shape index (κ3) is 8.16. The van der Waals surface area contributed by atoms with E-state index in [2.05, 4.69) is 5.32 Å². The summed E-state index contributed by atoms with van der Waals surface area (Å²) in [4.78, 5) is 28.7. The predicted molar refractivity (Wildman–Crippen MR) is 146 cm³/mol. The van der Waals surface area contributed by atoms with Crippen molar-refractivity contribution in [2.75, 3.05) is 6.61 Å². The van der Waals surface area contributed by atoms with Crippen LogP contribution in [0.3, 0.4) is 0 Å². The number of carbonyl (C=O) groups is 2. The summed E-state index contributed by atoms with van der Waals surface area (Å²) in [5.41, 5.74) is 0.971. The number of carbonyl (C=O) groups excluding carboxylic acids is 2. The molecule has 0 bridgehead atoms. The van der Waals surface area contributed by atoms with Crippen LogP contribution in [0.1, 0.15) is 31.9 Å². The van der Waals surface area contributed by atoms with Crippen molar-refractivity contribution in [2.24, 2.45) is 0 Å². The van der Waals surface area contributed by atoms with E-state index in [4.69, 9.17) is 39.5 Å².